The first-order valence-electron chi connectivity index (χ1n) is 6.98. The molecule has 2 heterocycles. The molecule has 1 aliphatic rings. The topological polar surface area (TPSA) is 58.3 Å². The number of hydrogen-bond acceptors (Lipinski definition) is 5. The summed E-state index contributed by atoms with van der Waals surface area (Å²) in [4.78, 5) is 12.9. The average Bonchev–Trinajstić information content (AvgIpc) is 2.51. The first-order valence-corrected chi connectivity index (χ1v) is 7.36. The van der Waals surface area contributed by atoms with Crippen molar-refractivity contribution in [3.05, 3.63) is 41.2 Å². The van der Waals surface area contributed by atoms with Gasteiger partial charge in [0.05, 0.1) is 10.7 Å². The first kappa shape index (κ1) is 13.9. The van der Waals surface area contributed by atoms with Crippen molar-refractivity contribution in [2.75, 3.05) is 41.7 Å². The van der Waals surface area contributed by atoms with Crippen LogP contribution in [0.1, 0.15) is 5.56 Å². The molecule has 1 aliphatic heterocycles. The van der Waals surface area contributed by atoms with E-state index in [1.807, 2.05) is 25.1 Å². The van der Waals surface area contributed by atoms with Crippen LogP contribution in [0, 0.1) is 6.92 Å². The van der Waals surface area contributed by atoms with Crippen molar-refractivity contribution >= 4 is 28.9 Å². The van der Waals surface area contributed by atoms with Gasteiger partial charge in [-0.2, -0.15) is 0 Å². The standard InChI is InChI=1S/C15H18ClN5/c1-11-14(17)18-10-19-15(11)21-8-6-20(7-9-21)13-5-3-2-4-12(13)16/h2-5,10H,6-9H2,1H3,(H2,17,18,19). The Labute approximate surface area is 129 Å². The van der Waals surface area contributed by atoms with E-state index in [1.54, 1.807) is 0 Å². The molecule has 21 heavy (non-hydrogen) atoms. The SMILES string of the molecule is Cc1c(N)ncnc1N1CCN(c2ccccc2Cl)CC1. The zero-order valence-electron chi connectivity index (χ0n) is 12.0. The van der Waals surface area contributed by atoms with E-state index in [-0.39, 0.29) is 0 Å². The van der Waals surface area contributed by atoms with E-state index < -0.39 is 0 Å². The minimum Gasteiger partial charge on any atom is -0.383 e. The van der Waals surface area contributed by atoms with Gasteiger partial charge in [-0.3, -0.25) is 0 Å². The molecule has 0 radical (unpaired) electrons. The monoisotopic (exact) mass is 303 g/mol. The van der Waals surface area contributed by atoms with E-state index in [9.17, 15) is 0 Å². The van der Waals surface area contributed by atoms with Gasteiger partial charge in [0.25, 0.3) is 0 Å². The number of halogens is 1. The number of nitrogens with two attached hydrogens (primary N) is 1. The molecule has 0 amide bonds. The maximum Gasteiger partial charge on any atom is 0.137 e. The fourth-order valence-corrected chi connectivity index (χ4v) is 2.90. The summed E-state index contributed by atoms with van der Waals surface area (Å²) in [5.41, 5.74) is 7.90. The van der Waals surface area contributed by atoms with Gasteiger partial charge in [0, 0.05) is 31.7 Å². The molecule has 2 N–H and O–H groups in total. The Hall–Kier alpha value is -2.01. The van der Waals surface area contributed by atoms with Crippen LogP contribution in [0.15, 0.2) is 30.6 Å². The molecule has 5 nitrogen and oxygen atoms in total. The van der Waals surface area contributed by atoms with Crippen LogP contribution in [0.5, 0.6) is 0 Å². The number of para-hydroxylation sites is 1. The summed E-state index contributed by atoms with van der Waals surface area (Å²) in [6.07, 6.45) is 1.53. The van der Waals surface area contributed by atoms with Crippen LogP contribution in [-0.4, -0.2) is 36.1 Å². The summed E-state index contributed by atoms with van der Waals surface area (Å²) in [5, 5.41) is 0.799. The number of benzene rings is 1. The molecule has 110 valence electrons. The Kier molecular flexibility index (Phi) is 3.84. The lowest BCUT2D eigenvalue weighted by molar-refractivity contribution is 0.645. The second-order valence-electron chi connectivity index (χ2n) is 5.13. The van der Waals surface area contributed by atoms with Gasteiger partial charge >= 0.3 is 0 Å². The van der Waals surface area contributed by atoms with Crippen molar-refractivity contribution in [1.29, 1.82) is 0 Å². The Bertz CT molecular complexity index is 638. The van der Waals surface area contributed by atoms with Crippen molar-refractivity contribution in [1.82, 2.24) is 9.97 Å². The van der Waals surface area contributed by atoms with Crippen molar-refractivity contribution in [3.63, 3.8) is 0 Å². The molecule has 1 aromatic carbocycles. The third kappa shape index (κ3) is 2.74. The van der Waals surface area contributed by atoms with E-state index in [2.05, 4.69) is 25.8 Å². The maximum absolute atomic E-state index is 6.26. The van der Waals surface area contributed by atoms with Crippen molar-refractivity contribution in [3.8, 4) is 0 Å². The number of anilines is 3. The van der Waals surface area contributed by atoms with E-state index in [0.717, 1.165) is 48.3 Å². The Morgan fingerprint density at radius 2 is 1.71 bits per heavy atom. The summed E-state index contributed by atoms with van der Waals surface area (Å²) in [6, 6.07) is 7.96. The van der Waals surface area contributed by atoms with E-state index in [0.29, 0.717) is 5.82 Å². The number of piperazine rings is 1. The zero-order valence-corrected chi connectivity index (χ0v) is 12.7. The fourth-order valence-electron chi connectivity index (χ4n) is 2.64. The summed E-state index contributed by atoms with van der Waals surface area (Å²) < 4.78 is 0. The molecule has 0 aliphatic carbocycles. The van der Waals surface area contributed by atoms with Crippen LogP contribution in [0.3, 0.4) is 0 Å². The van der Waals surface area contributed by atoms with Crippen LogP contribution in [0.25, 0.3) is 0 Å². The Morgan fingerprint density at radius 1 is 1.05 bits per heavy atom. The minimum absolute atomic E-state index is 0.550. The van der Waals surface area contributed by atoms with Gasteiger partial charge in [-0.15, -0.1) is 0 Å². The van der Waals surface area contributed by atoms with Crippen LogP contribution in [0.4, 0.5) is 17.3 Å². The molecule has 1 fully saturated rings. The predicted molar refractivity (Wildman–Crippen MR) is 87.1 cm³/mol. The number of hydrogen-bond donors (Lipinski definition) is 1. The van der Waals surface area contributed by atoms with Gasteiger partial charge in [-0.1, -0.05) is 23.7 Å². The summed E-state index contributed by atoms with van der Waals surface area (Å²) in [7, 11) is 0. The van der Waals surface area contributed by atoms with Crippen molar-refractivity contribution in [2.45, 2.75) is 6.92 Å². The molecular formula is C15H18ClN5. The maximum atomic E-state index is 6.26. The van der Waals surface area contributed by atoms with Gasteiger partial charge in [0.15, 0.2) is 0 Å². The van der Waals surface area contributed by atoms with Gasteiger partial charge in [-0.05, 0) is 19.1 Å². The Balaban J connectivity index is 1.74. The van der Waals surface area contributed by atoms with Crippen molar-refractivity contribution < 1.29 is 0 Å². The normalized spacial score (nSPS) is 15.3. The molecule has 1 saturated heterocycles. The van der Waals surface area contributed by atoms with Crippen LogP contribution >= 0.6 is 11.6 Å². The molecule has 0 saturated carbocycles. The number of rotatable bonds is 2. The molecule has 2 aromatic rings. The fraction of sp³-hybridized carbons (Fsp3) is 0.333. The Morgan fingerprint density at radius 3 is 2.43 bits per heavy atom. The first-order chi connectivity index (χ1) is 10.2. The lowest BCUT2D eigenvalue weighted by Gasteiger charge is -2.37. The molecule has 0 spiro atoms. The number of nitrogens with zero attached hydrogens (tertiary/aromatic N) is 4. The smallest absolute Gasteiger partial charge is 0.137 e. The highest BCUT2D eigenvalue weighted by Crippen LogP contribution is 2.27. The van der Waals surface area contributed by atoms with E-state index in [4.69, 9.17) is 17.3 Å². The van der Waals surface area contributed by atoms with E-state index >= 15 is 0 Å². The van der Waals surface area contributed by atoms with Gasteiger partial charge in [-0.25, -0.2) is 9.97 Å². The van der Waals surface area contributed by atoms with E-state index in [1.165, 1.54) is 6.33 Å². The minimum atomic E-state index is 0.550. The second kappa shape index (κ2) is 5.77. The van der Waals surface area contributed by atoms with Crippen molar-refractivity contribution in [2.24, 2.45) is 0 Å². The number of aromatic nitrogens is 2. The third-order valence-corrected chi connectivity index (χ3v) is 4.19. The zero-order chi connectivity index (χ0) is 14.8. The molecule has 3 rings (SSSR count). The lowest BCUT2D eigenvalue weighted by atomic mass is 10.2. The lowest BCUT2D eigenvalue weighted by Crippen LogP contribution is -2.47. The predicted octanol–water partition coefficient (Wildman–Crippen LogP) is 2.35. The summed E-state index contributed by atoms with van der Waals surface area (Å²) in [6.45, 7) is 5.57. The van der Waals surface area contributed by atoms with Crippen LogP contribution in [0.2, 0.25) is 5.02 Å². The average molecular weight is 304 g/mol. The summed E-state index contributed by atoms with van der Waals surface area (Å²) in [5.74, 6) is 1.48. The quantitative estimate of drug-likeness (QED) is 0.923. The molecule has 0 bridgehead atoms. The molecule has 1 aromatic heterocycles. The molecule has 6 heteroatoms. The van der Waals surface area contributed by atoms with Gasteiger partial charge < -0.3 is 15.5 Å². The highest BCUT2D eigenvalue weighted by molar-refractivity contribution is 6.33. The molecule has 0 atom stereocenters. The highest BCUT2D eigenvalue weighted by atomic mass is 35.5. The summed E-state index contributed by atoms with van der Waals surface area (Å²) >= 11 is 6.26. The van der Waals surface area contributed by atoms with Gasteiger partial charge in [0.2, 0.25) is 0 Å². The number of nitrogen functional groups attached to an aromatic ring is 1. The molecular weight excluding hydrogens is 286 g/mol. The molecule has 0 unspecified atom stereocenters. The van der Waals surface area contributed by atoms with Gasteiger partial charge in [0.1, 0.15) is 18.0 Å². The second-order valence-corrected chi connectivity index (χ2v) is 5.54. The van der Waals surface area contributed by atoms with Crippen LogP contribution in [-0.2, 0) is 0 Å². The highest BCUT2D eigenvalue weighted by Gasteiger charge is 2.21. The largest absolute Gasteiger partial charge is 0.383 e. The van der Waals surface area contributed by atoms with Crippen LogP contribution < -0.4 is 15.5 Å². The third-order valence-electron chi connectivity index (χ3n) is 3.87.